The van der Waals surface area contributed by atoms with Crippen LogP contribution in [-0.4, -0.2) is 9.97 Å². The number of nitriles is 1. The van der Waals surface area contributed by atoms with Crippen LogP contribution >= 0.6 is 0 Å². The Morgan fingerprint density at radius 1 is 1.03 bits per heavy atom. The van der Waals surface area contributed by atoms with Gasteiger partial charge in [-0.3, -0.25) is 0 Å². The first-order valence-corrected chi connectivity index (χ1v) is 8.97. The molecule has 0 saturated carbocycles. The number of benzene rings is 2. The van der Waals surface area contributed by atoms with E-state index in [1.165, 1.54) is 0 Å². The van der Waals surface area contributed by atoms with Crippen molar-refractivity contribution in [1.29, 1.82) is 5.26 Å². The lowest BCUT2D eigenvalue weighted by Gasteiger charge is -2.16. The molecule has 5 nitrogen and oxygen atoms in total. The van der Waals surface area contributed by atoms with Crippen LogP contribution in [0.2, 0.25) is 0 Å². The number of para-hydroxylation sites is 1. The second-order valence-corrected chi connectivity index (χ2v) is 6.30. The normalized spacial score (nSPS) is 11.0. The summed E-state index contributed by atoms with van der Waals surface area (Å²) in [6.07, 6.45) is -2.26. The average molecular weight is 397 g/mol. The fraction of sp³-hybridized carbons (Fsp3) is 0.190. The summed E-state index contributed by atoms with van der Waals surface area (Å²) in [6.45, 7) is 2.00. The van der Waals surface area contributed by atoms with Crippen LogP contribution < -0.4 is 10.6 Å². The Morgan fingerprint density at radius 3 is 2.41 bits per heavy atom. The number of nitrogens with zero attached hydrogens (tertiary/aromatic N) is 3. The van der Waals surface area contributed by atoms with E-state index in [2.05, 4.69) is 20.6 Å². The summed E-state index contributed by atoms with van der Waals surface area (Å²) < 4.78 is 40.4. The first kappa shape index (κ1) is 20.1. The highest BCUT2D eigenvalue weighted by molar-refractivity contribution is 5.65. The highest BCUT2D eigenvalue weighted by atomic mass is 19.4. The van der Waals surface area contributed by atoms with Gasteiger partial charge in [0.1, 0.15) is 11.4 Å². The Bertz CT molecular complexity index is 1020. The van der Waals surface area contributed by atoms with E-state index in [9.17, 15) is 13.2 Å². The molecule has 0 atom stereocenters. The summed E-state index contributed by atoms with van der Waals surface area (Å²) in [5.41, 5.74) is 1.56. The van der Waals surface area contributed by atoms with Crippen molar-refractivity contribution in [2.24, 2.45) is 0 Å². The zero-order valence-corrected chi connectivity index (χ0v) is 15.6. The molecule has 1 aromatic heterocycles. The van der Waals surface area contributed by atoms with E-state index in [1.807, 2.05) is 25.1 Å². The SMILES string of the molecule is CCCc1ccccc1Nc1nc(Nc2ccc(C#N)cc2)ncc1C(F)(F)F. The second-order valence-electron chi connectivity index (χ2n) is 6.30. The third kappa shape index (κ3) is 5.02. The van der Waals surface area contributed by atoms with Gasteiger partial charge in [0.15, 0.2) is 0 Å². The molecule has 2 aromatic carbocycles. The van der Waals surface area contributed by atoms with Crippen LogP contribution in [0.4, 0.5) is 36.3 Å². The zero-order chi connectivity index (χ0) is 20.9. The minimum Gasteiger partial charge on any atom is -0.339 e. The van der Waals surface area contributed by atoms with Crippen molar-refractivity contribution >= 4 is 23.1 Å². The fourth-order valence-corrected chi connectivity index (χ4v) is 2.76. The van der Waals surface area contributed by atoms with Crippen molar-refractivity contribution < 1.29 is 13.2 Å². The molecule has 3 aromatic rings. The third-order valence-corrected chi connectivity index (χ3v) is 4.15. The van der Waals surface area contributed by atoms with Crippen molar-refractivity contribution in [3.8, 4) is 6.07 Å². The van der Waals surface area contributed by atoms with Crippen LogP contribution in [0.25, 0.3) is 0 Å². The maximum absolute atomic E-state index is 13.5. The summed E-state index contributed by atoms with van der Waals surface area (Å²) in [6, 6.07) is 15.6. The monoisotopic (exact) mass is 397 g/mol. The van der Waals surface area contributed by atoms with E-state index in [0.29, 0.717) is 16.9 Å². The van der Waals surface area contributed by atoms with E-state index in [0.717, 1.165) is 24.6 Å². The van der Waals surface area contributed by atoms with Crippen LogP contribution in [0.15, 0.2) is 54.7 Å². The number of nitrogens with one attached hydrogen (secondary N) is 2. The van der Waals surface area contributed by atoms with Crippen molar-refractivity contribution in [2.45, 2.75) is 25.9 Å². The molecule has 1 heterocycles. The molecule has 8 heteroatoms. The van der Waals surface area contributed by atoms with Crippen LogP contribution in [0, 0.1) is 11.3 Å². The lowest BCUT2D eigenvalue weighted by Crippen LogP contribution is -2.13. The van der Waals surface area contributed by atoms with Crippen molar-refractivity contribution in [1.82, 2.24) is 9.97 Å². The number of rotatable bonds is 6. The Hall–Kier alpha value is -3.60. The highest BCUT2D eigenvalue weighted by Crippen LogP contribution is 2.36. The molecule has 0 fully saturated rings. The average Bonchev–Trinajstić information content (AvgIpc) is 2.69. The lowest BCUT2D eigenvalue weighted by atomic mass is 10.1. The van der Waals surface area contributed by atoms with Crippen LogP contribution in [0.1, 0.15) is 30.0 Å². The predicted octanol–water partition coefficient (Wildman–Crippen LogP) is 5.81. The Labute approximate surface area is 166 Å². The van der Waals surface area contributed by atoms with Crippen molar-refractivity contribution in [3.05, 3.63) is 71.4 Å². The van der Waals surface area contributed by atoms with Gasteiger partial charge in [0, 0.05) is 17.6 Å². The predicted molar refractivity (Wildman–Crippen MR) is 105 cm³/mol. The standard InChI is InChI=1S/C21H18F3N5/c1-2-5-15-6-3-4-7-18(15)28-19-17(21(22,23)24)13-26-20(29-19)27-16-10-8-14(12-25)9-11-16/h3-4,6-11,13H,2,5H2,1H3,(H2,26,27,28,29). The van der Waals surface area contributed by atoms with Gasteiger partial charge in [-0.25, -0.2) is 4.98 Å². The molecule has 0 saturated heterocycles. The number of halogens is 3. The van der Waals surface area contributed by atoms with Crippen LogP contribution in [0.5, 0.6) is 0 Å². The second kappa shape index (κ2) is 8.61. The molecule has 0 spiro atoms. The Morgan fingerprint density at radius 2 is 1.76 bits per heavy atom. The van der Waals surface area contributed by atoms with Gasteiger partial charge in [-0.2, -0.15) is 23.4 Å². The minimum atomic E-state index is -4.60. The fourth-order valence-electron chi connectivity index (χ4n) is 2.76. The van der Waals surface area contributed by atoms with Crippen LogP contribution in [0.3, 0.4) is 0 Å². The van der Waals surface area contributed by atoms with E-state index in [1.54, 1.807) is 36.4 Å². The molecule has 0 aliphatic rings. The molecule has 0 amide bonds. The maximum Gasteiger partial charge on any atom is 0.421 e. The Balaban J connectivity index is 1.95. The first-order valence-electron chi connectivity index (χ1n) is 8.97. The summed E-state index contributed by atoms with van der Waals surface area (Å²) >= 11 is 0. The van der Waals surface area contributed by atoms with E-state index in [4.69, 9.17) is 5.26 Å². The topological polar surface area (TPSA) is 73.6 Å². The summed E-state index contributed by atoms with van der Waals surface area (Å²) in [5.74, 6) is -0.314. The van der Waals surface area contributed by atoms with E-state index >= 15 is 0 Å². The van der Waals surface area contributed by atoms with Gasteiger partial charge in [0.25, 0.3) is 0 Å². The quantitative estimate of drug-likeness (QED) is 0.549. The van der Waals surface area contributed by atoms with Gasteiger partial charge in [-0.05, 0) is 42.3 Å². The number of hydrogen-bond acceptors (Lipinski definition) is 5. The van der Waals surface area contributed by atoms with Gasteiger partial charge in [0.05, 0.1) is 11.6 Å². The molecule has 0 bridgehead atoms. The highest BCUT2D eigenvalue weighted by Gasteiger charge is 2.35. The molecule has 0 unspecified atom stereocenters. The summed E-state index contributed by atoms with van der Waals surface area (Å²) in [7, 11) is 0. The minimum absolute atomic E-state index is 0.0122. The molecule has 0 aliphatic heterocycles. The van der Waals surface area contributed by atoms with Gasteiger partial charge in [-0.1, -0.05) is 31.5 Å². The van der Waals surface area contributed by atoms with Crippen molar-refractivity contribution in [3.63, 3.8) is 0 Å². The van der Waals surface area contributed by atoms with Gasteiger partial charge < -0.3 is 10.6 Å². The molecule has 0 aliphatic carbocycles. The maximum atomic E-state index is 13.5. The van der Waals surface area contributed by atoms with E-state index in [-0.39, 0.29) is 11.8 Å². The van der Waals surface area contributed by atoms with Gasteiger partial charge in [0.2, 0.25) is 5.95 Å². The molecule has 3 rings (SSSR count). The van der Waals surface area contributed by atoms with Gasteiger partial charge >= 0.3 is 6.18 Å². The van der Waals surface area contributed by atoms with Crippen molar-refractivity contribution in [2.75, 3.05) is 10.6 Å². The molecule has 29 heavy (non-hydrogen) atoms. The lowest BCUT2D eigenvalue weighted by molar-refractivity contribution is -0.137. The molecule has 2 N–H and O–H groups in total. The van der Waals surface area contributed by atoms with Gasteiger partial charge in [-0.15, -0.1) is 0 Å². The number of aromatic nitrogens is 2. The number of aryl methyl sites for hydroxylation is 1. The molecular weight excluding hydrogens is 379 g/mol. The first-order chi connectivity index (χ1) is 13.9. The Kier molecular flexibility index (Phi) is 5.98. The number of hydrogen-bond donors (Lipinski definition) is 2. The zero-order valence-electron chi connectivity index (χ0n) is 15.6. The third-order valence-electron chi connectivity index (χ3n) is 4.15. The number of alkyl halides is 3. The van der Waals surface area contributed by atoms with Crippen LogP contribution in [-0.2, 0) is 12.6 Å². The molecule has 148 valence electrons. The number of anilines is 4. The molecule has 0 radical (unpaired) electrons. The van der Waals surface area contributed by atoms with E-state index < -0.39 is 11.7 Å². The smallest absolute Gasteiger partial charge is 0.339 e. The summed E-state index contributed by atoms with van der Waals surface area (Å²) in [5, 5.41) is 14.5. The summed E-state index contributed by atoms with van der Waals surface area (Å²) in [4.78, 5) is 7.85. The molecular formula is C21H18F3N5. The largest absolute Gasteiger partial charge is 0.421 e.